The van der Waals surface area contributed by atoms with Gasteiger partial charge >= 0.3 is 0 Å². The van der Waals surface area contributed by atoms with E-state index in [0.29, 0.717) is 5.56 Å². The summed E-state index contributed by atoms with van der Waals surface area (Å²) in [6.07, 6.45) is 2.15. The second-order valence-corrected chi connectivity index (χ2v) is 5.34. The maximum absolute atomic E-state index is 11.9. The van der Waals surface area contributed by atoms with Crippen molar-refractivity contribution in [3.8, 4) is 0 Å². The molecule has 0 aromatic heterocycles. The maximum atomic E-state index is 11.9. The van der Waals surface area contributed by atoms with Gasteiger partial charge in [-0.05, 0) is 31.0 Å². The third-order valence-electron chi connectivity index (χ3n) is 2.68. The van der Waals surface area contributed by atoms with Crippen LogP contribution in [0.15, 0.2) is 27.6 Å². The SMILES string of the molecule is CC1=Cc2cc(C)c(C(=O)N=C(N)N)cc2SC1. The summed E-state index contributed by atoms with van der Waals surface area (Å²) in [7, 11) is 0. The normalized spacial score (nSPS) is 13.6. The minimum Gasteiger partial charge on any atom is -0.370 e. The van der Waals surface area contributed by atoms with Gasteiger partial charge in [0.1, 0.15) is 0 Å². The van der Waals surface area contributed by atoms with Crippen LogP contribution in [0.2, 0.25) is 0 Å². The van der Waals surface area contributed by atoms with Crippen molar-refractivity contribution in [3.63, 3.8) is 0 Å². The molecule has 94 valence electrons. The summed E-state index contributed by atoms with van der Waals surface area (Å²) in [6.45, 7) is 3.99. The fraction of sp³-hybridized carbons (Fsp3) is 0.231. The zero-order valence-electron chi connectivity index (χ0n) is 10.4. The molecule has 0 aliphatic carbocycles. The molecule has 0 saturated carbocycles. The number of nitrogens with zero attached hydrogens (tertiary/aromatic N) is 1. The van der Waals surface area contributed by atoms with E-state index in [2.05, 4.69) is 18.0 Å². The van der Waals surface area contributed by atoms with Crippen molar-refractivity contribution in [2.24, 2.45) is 16.5 Å². The number of thioether (sulfide) groups is 1. The quantitative estimate of drug-likeness (QED) is 0.597. The monoisotopic (exact) mass is 261 g/mol. The van der Waals surface area contributed by atoms with Gasteiger partial charge in [-0.3, -0.25) is 4.79 Å². The lowest BCUT2D eigenvalue weighted by Gasteiger charge is -2.15. The van der Waals surface area contributed by atoms with E-state index in [1.807, 2.05) is 19.1 Å². The molecule has 18 heavy (non-hydrogen) atoms. The first-order valence-corrected chi connectivity index (χ1v) is 6.54. The van der Waals surface area contributed by atoms with Gasteiger partial charge in [-0.1, -0.05) is 17.7 Å². The highest BCUT2D eigenvalue weighted by Crippen LogP contribution is 2.33. The fourth-order valence-electron chi connectivity index (χ4n) is 1.85. The van der Waals surface area contributed by atoms with Crippen LogP contribution in [-0.4, -0.2) is 17.6 Å². The van der Waals surface area contributed by atoms with Crippen LogP contribution in [-0.2, 0) is 0 Å². The van der Waals surface area contributed by atoms with E-state index in [1.165, 1.54) is 5.57 Å². The number of fused-ring (bicyclic) bond motifs is 1. The highest BCUT2D eigenvalue weighted by atomic mass is 32.2. The second kappa shape index (κ2) is 4.86. The molecule has 1 heterocycles. The van der Waals surface area contributed by atoms with E-state index in [9.17, 15) is 4.79 Å². The third-order valence-corrected chi connectivity index (χ3v) is 3.94. The van der Waals surface area contributed by atoms with Crippen LogP contribution in [0.3, 0.4) is 0 Å². The number of hydrogen-bond acceptors (Lipinski definition) is 2. The molecule has 0 radical (unpaired) electrons. The average molecular weight is 261 g/mol. The lowest BCUT2D eigenvalue weighted by molar-refractivity contribution is 0.100. The number of hydrogen-bond donors (Lipinski definition) is 2. The molecule has 0 bridgehead atoms. The van der Waals surface area contributed by atoms with Crippen LogP contribution < -0.4 is 11.5 Å². The Morgan fingerprint density at radius 2 is 2.06 bits per heavy atom. The molecule has 4 nitrogen and oxygen atoms in total. The largest absolute Gasteiger partial charge is 0.370 e. The standard InChI is InChI=1S/C13H15N3OS/c1-7-3-9-4-8(2)10(5-11(9)18-6-7)12(17)16-13(14)15/h3-5H,6H2,1-2H3,(H4,14,15,16,17). The van der Waals surface area contributed by atoms with E-state index < -0.39 is 0 Å². The summed E-state index contributed by atoms with van der Waals surface area (Å²) in [6, 6.07) is 3.87. The lowest BCUT2D eigenvalue weighted by atomic mass is 10.0. The van der Waals surface area contributed by atoms with Crippen molar-refractivity contribution in [3.05, 3.63) is 34.4 Å². The number of carbonyl (C=O) groups is 1. The molecule has 4 N–H and O–H groups in total. The Hall–Kier alpha value is -1.75. The minimum atomic E-state index is -0.387. The minimum absolute atomic E-state index is 0.208. The Labute approximate surface area is 110 Å². The number of aliphatic imine (C=N–C) groups is 1. The van der Waals surface area contributed by atoms with Crippen molar-refractivity contribution >= 4 is 29.7 Å². The molecule has 1 aliphatic heterocycles. The molecule has 0 saturated heterocycles. The number of guanidine groups is 1. The first kappa shape index (κ1) is 12.7. The molecule has 1 aliphatic rings. The average Bonchev–Trinajstić information content (AvgIpc) is 2.26. The lowest BCUT2D eigenvalue weighted by Crippen LogP contribution is -2.24. The predicted molar refractivity (Wildman–Crippen MR) is 75.7 cm³/mol. The highest BCUT2D eigenvalue weighted by molar-refractivity contribution is 7.99. The topological polar surface area (TPSA) is 81.5 Å². The van der Waals surface area contributed by atoms with E-state index in [0.717, 1.165) is 21.8 Å². The van der Waals surface area contributed by atoms with Crippen molar-refractivity contribution < 1.29 is 4.79 Å². The van der Waals surface area contributed by atoms with Gasteiger partial charge in [0.05, 0.1) is 0 Å². The van der Waals surface area contributed by atoms with E-state index in [1.54, 1.807) is 11.8 Å². The number of benzene rings is 1. The molecule has 0 atom stereocenters. The van der Waals surface area contributed by atoms with Gasteiger partial charge in [0.25, 0.3) is 5.91 Å². The Morgan fingerprint density at radius 3 is 2.72 bits per heavy atom. The van der Waals surface area contributed by atoms with Crippen LogP contribution in [0.1, 0.15) is 28.4 Å². The summed E-state index contributed by atoms with van der Waals surface area (Å²) in [4.78, 5) is 16.5. The van der Waals surface area contributed by atoms with E-state index in [-0.39, 0.29) is 11.9 Å². The van der Waals surface area contributed by atoms with Gasteiger partial charge in [0.2, 0.25) is 0 Å². The van der Waals surface area contributed by atoms with Gasteiger partial charge in [0.15, 0.2) is 5.96 Å². The summed E-state index contributed by atoms with van der Waals surface area (Å²) < 4.78 is 0. The van der Waals surface area contributed by atoms with Gasteiger partial charge in [0, 0.05) is 16.2 Å². The van der Waals surface area contributed by atoms with Crippen molar-refractivity contribution in [1.29, 1.82) is 0 Å². The number of rotatable bonds is 1. The summed E-state index contributed by atoms with van der Waals surface area (Å²) >= 11 is 1.72. The molecule has 2 rings (SSSR count). The van der Waals surface area contributed by atoms with Gasteiger partial charge in [-0.25, -0.2) is 0 Å². The molecule has 0 spiro atoms. The molecule has 0 fully saturated rings. The number of carbonyl (C=O) groups excluding carboxylic acids is 1. The predicted octanol–water partition coefficient (Wildman–Crippen LogP) is 1.92. The Kier molecular flexibility index (Phi) is 3.43. The third kappa shape index (κ3) is 2.56. The smallest absolute Gasteiger partial charge is 0.280 e. The van der Waals surface area contributed by atoms with Crippen molar-refractivity contribution in [1.82, 2.24) is 0 Å². The number of nitrogens with two attached hydrogens (primary N) is 2. The van der Waals surface area contributed by atoms with Gasteiger partial charge in [-0.15, -0.1) is 11.8 Å². The Bertz CT molecular complexity index is 572. The summed E-state index contributed by atoms with van der Waals surface area (Å²) in [5.74, 6) is 0.356. The molecule has 0 unspecified atom stereocenters. The zero-order valence-corrected chi connectivity index (χ0v) is 11.2. The van der Waals surface area contributed by atoms with Crippen molar-refractivity contribution in [2.45, 2.75) is 18.7 Å². The molecule has 1 amide bonds. The van der Waals surface area contributed by atoms with Crippen molar-refractivity contribution in [2.75, 3.05) is 5.75 Å². The van der Waals surface area contributed by atoms with E-state index in [4.69, 9.17) is 11.5 Å². The fourth-order valence-corrected chi connectivity index (χ4v) is 2.81. The maximum Gasteiger partial charge on any atom is 0.280 e. The molecule has 1 aromatic carbocycles. The van der Waals surface area contributed by atoms with Gasteiger partial charge in [-0.2, -0.15) is 4.99 Å². The molecular weight excluding hydrogens is 246 g/mol. The summed E-state index contributed by atoms with van der Waals surface area (Å²) in [5.41, 5.74) is 14.4. The van der Waals surface area contributed by atoms with Gasteiger partial charge < -0.3 is 11.5 Å². The van der Waals surface area contributed by atoms with Crippen LogP contribution in [0.4, 0.5) is 0 Å². The summed E-state index contributed by atoms with van der Waals surface area (Å²) in [5, 5.41) is 0. The van der Waals surface area contributed by atoms with E-state index >= 15 is 0 Å². The number of amides is 1. The van der Waals surface area contributed by atoms with Crippen LogP contribution >= 0.6 is 11.8 Å². The second-order valence-electron chi connectivity index (χ2n) is 4.33. The number of aryl methyl sites for hydroxylation is 1. The highest BCUT2D eigenvalue weighted by Gasteiger charge is 2.15. The van der Waals surface area contributed by atoms with Crippen LogP contribution in [0.5, 0.6) is 0 Å². The first-order chi connectivity index (χ1) is 8.47. The molecule has 5 heteroatoms. The Morgan fingerprint density at radius 1 is 1.33 bits per heavy atom. The first-order valence-electron chi connectivity index (χ1n) is 5.56. The molecular formula is C13H15N3OS. The van der Waals surface area contributed by atoms with Crippen LogP contribution in [0.25, 0.3) is 6.08 Å². The van der Waals surface area contributed by atoms with Crippen LogP contribution in [0, 0.1) is 6.92 Å². The Balaban J connectivity index is 2.47. The zero-order chi connectivity index (χ0) is 13.3. The molecule has 1 aromatic rings.